The molecule has 0 saturated heterocycles. The summed E-state index contributed by atoms with van der Waals surface area (Å²) in [6, 6.07) is 23.5. The molecule has 2 nitrogen and oxygen atoms in total. The third kappa shape index (κ3) is 1.97. The van der Waals surface area contributed by atoms with Crippen LogP contribution < -0.4 is 0 Å². The molecule has 0 fully saturated rings. The largest absolute Gasteiger partial charge is 0.305 e. The van der Waals surface area contributed by atoms with Crippen LogP contribution in [-0.4, -0.2) is 10.2 Å². The number of rotatable bonds is 2. The average Bonchev–Trinajstić information content (AvgIpc) is 2.92. The molecule has 3 heteroatoms. The molecule has 4 aromatic rings. The van der Waals surface area contributed by atoms with E-state index in [-0.39, 0.29) is 5.78 Å². The highest BCUT2D eigenvalue weighted by atomic mass is 79.9. The van der Waals surface area contributed by atoms with Crippen LogP contribution in [0.1, 0.15) is 16.1 Å². The molecule has 0 unspecified atom stereocenters. The van der Waals surface area contributed by atoms with Gasteiger partial charge in [0.15, 0.2) is 0 Å². The zero-order valence-electron chi connectivity index (χ0n) is 11.7. The quantitative estimate of drug-likeness (QED) is 0.462. The number of carbonyl (C=O) groups is 1. The van der Waals surface area contributed by atoms with Crippen molar-refractivity contribution in [2.24, 2.45) is 0 Å². The first-order valence-electron chi connectivity index (χ1n) is 7.04. The van der Waals surface area contributed by atoms with E-state index in [1.54, 1.807) is 0 Å². The van der Waals surface area contributed by atoms with Gasteiger partial charge in [0.1, 0.15) is 0 Å². The van der Waals surface area contributed by atoms with Gasteiger partial charge in [-0.1, -0.05) is 54.6 Å². The molecule has 0 aliphatic carbocycles. The molecule has 4 rings (SSSR count). The summed E-state index contributed by atoms with van der Waals surface area (Å²) in [5, 5.41) is 1.11. The molecule has 0 saturated carbocycles. The van der Waals surface area contributed by atoms with E-state index in [9.17, 15) is 4.79 Å². The highest BCUT2D eigenvalue weighted by Crippen LogP contribution is 2.28. The lowest BCUT2D eigenvalue weighted by Gasteiger charge is -2.07. The summed E-state index contributed by atoms with van der Waals surface area (Å²) < 4.78 is 2.95. The van der Waals surface area contributed by atoms with Gasteiger partial charge in [0.25, 0.3) is 0 Å². The maximum absolute atomic E-state index is 12.9. The zero-order chi connectivity index (χ0) is 15.1. The van der Waals surface area contributed by atoms with Crippen LogP contribution in [-0.2, 0) is 0 Å². The van der Waals surface area contributed by atoms with Crippen LogP contribution in [0.2, 0.25) is 0 Å². The normalized spacial score (nSPS) is 11.1. The molecular weight excluding hydrogens is 338 g/mol. The fraction of sp³-hybridized carbons (Fsp3) is 0. The second kappa shape index (κ2) is 5.11. The zero-order valence-corrected chi connectivity index (χ0v) is 13.2. The molecule has 22 heavy (non-hydrogen) atoms. The van der Waals surface area contributed by atoms with Crippen molar-refractivity contribution in [1.82, 2.24) is 4.40 Å². The topological polar surface area (TPSA) is 21.5 Å². The van der Waals surface area contributed by atoms with Gasteiger partial charge in [0.05, 0.1) is 16.7 Å². The van der Waals surface area contributed by atoms with Gasteiger partial charge in [-0.25, -0.2) is 0 Å². The lowest BCUT2D eigenvalue weighted by Crippen LogP contribution is -2.05. The number of para-hydroxylation sites is 1. The van der Waals surface area contributed by atoms with Crippen LogP contribution in [0.15, 0.2) is 77.3 Å². The first kappa shape index (κ1) is 13.3. The monoisotopic (exact) mass is 349 g/mol. The van der Waals surface area contributed by atoms with Crippen LogP contribution in [0.4, 0.5) is 0 Å². The van der Waals surface area contributed by atoms with E-state index in [2.05, 4.69) is 28.1 Å². The molecule has 2 aromatic carbocycles. The molecular formula is C19H12BrNO. The van der Waals surface area contributed by atoms with E-state index in [0.717, 1.165) is 20.9 Å². The minimum Gasteiger partial charge on any atom is -0.305 e. The first-order chi connectivity index (χ1) is 10.8. The molecule has 0 spiro atoms. The smallest absolute Gasteiger partial charge is 0.209 e. The molecule has 0 amide bonds. The van der Waals surface area contributed by atoms with E-state index in [1.165, 1.54) is 0 Å². The SMILES string of the molecule is O=C(c1ccccc1)c1cc(Br)c2ccc3ccccc3n12. The maximum Gasteiger partial charge on any atom is 0.209 e. The Morgan fingerprint density at radius 3 is 2.36 bits per heavy atom. The van der Waals surface area contributed by atoms with Crippen LogP contribution in [0.5, 0.6) is 0 Å². The fourth-order valence-corrected chi connectivity index (χ4v) is 3.34. The third-order valence-electron chi connectivity index (χ3n) is 3.86. The van der Waals surface area contributed by atoms with E-state index < -0.39 is 0 Å². The Kier molecular flexibility index (Phi) is 3.09. The van der Waals surface area contributed by atoms with Crippen LogP contribution in [0, 0.1) is 0 Å². The van der Waals surface area contributed by atoms with Crippen molar-refractivity contribution < 1.29 is 4.79 Å². The van der Waals surface area contributed by atoms with Crippen LogP contribution >= 0.6 is 15.9 Å². The van der Waals surface area contributed by atoms with E-state index in [0.29, 0.717) is 11.3 Å². The molecule has 0 N–H and O–H groups in total. The van der Waals surface area contributed by atoms with Gasteiger partial charge >= 0.3 is 0 Å². The van der Waals surface area contributed by atoms with Crippen LogP contribution in [0.25, 0.3) is 16.4 Å². The number of fused-ring (bicyclic) bond motifs is 3. The van der Waals surface area contributed by atoms with Gasteiger partial charge < -0.3 is 4.40 Å². The van der Waals surface area contributed by atoms with Gasteiger partial charge in [0, 0.05) is 10.0 Å². The summed E-state index contributed by atoms with van der Waals surface area (Å²) in [7, 11) is 0. The van der Waals surface area contributed by atoms with Crippen molar-refractivity contribution in [3.63, 3.8) is 0 Å². The summed E-state index contributed by atoms with van der Waals surface area (Å²) in [6.45, 7) is 0. The van der Waals surface area contributed by atoms with E-state index >= 15 is 0 Å². The van der Waals surface area contributed by atoms with Gasteiger partial charge in [-0.2, -0.15) is 0 Å². The average molecular weight is 350 g/mol. The summed E-state index contributed by atoms with van der Waals surface area (Å²) in [5.41, 5.74) is 3.40. The Morgan fingerprint density at radius 1 is 0.818 bits per heavy atom. The van der Waals surface area contributed by atoms with Crippen molar-refractivity contribution in [2.45, 2.75) is 0 Å². The second-order valence-corrected chi connectivity index (χ2v) is 6.04. The van der Waals surface area contributed by atoms with Gasteiger partial charge in [0.2, 0.25) is 5.78 Å². The van der Waals surface area contributed by atoms with Crippen molar-refractivity contribution in [2.75, 3.05) is 0 Å². The molecule has 2 aromatic heterocycles. The molecule has 2 heterocycles. The number of ketones is 1. The number of carbonyl (C=O) groups excluding carboxylic acids is 1. The van der Waals surface area contributed by atoms with E-state index in [1.807, 2.05) is 65.1 Å². The number of nitrogens with zero attached hydrogens (tertiary/aromatic N) is 1. The fourth-order valence-electron chi connectivity index (χ4n) is 2.81. The molecule has 0 radical (unpaired) electrons. The standard InChI is InChI=1S/C19H12BrNO/c20-15-12-18(19(22)14-7-2-1-3-8-14)21-16-9-5-4-6-13(16)10-11-17(15)21/h1-12H. The predicted molar refractivity (Wildman–Crippen MR) is 92.5 cm³/mol. The molecule has 0 bridgehead atoms. The number of hydrogen-bond donors (Lipinski definition) is 0. The summed E-state index contributed by atoms with van der Waals surface area (Å²) in [5.74, 6) is 0.0256. The van der Waals surface area contributed by atoms with Crippen molar-refractivity contribution in [1.29, 1.82) is 0 Å². The second-order valence-electron chi connectivity index (χ2n) is 5.19. The maximum atomic E-state index is 12.9. The number of pyridine rings is 1. The van der Waals surface area contributed by atoms with Gasteiger partial charge in [-0.3, -0.25) is 4.79 Å². The predicted octanol–water partition coefficient (Wildman–Crippen LogP) is 5.09. The Balaban J connectivity index is 2.06. The molecule has 0 aliphatic rings. The Hall–Kier alpha value is -2.39. The molecule has 0 aliphatic heterocycles. The Morgan fingerprint density at radius 2 is 1.55 bits per heavy atom. The number of hydrogen-bond acceptors (Lipinski definition) is 1. The third-order valence-corrected chi connectivity index (χ3v) is 4.49. The van der Waals surface area contributed by atoms with Gasteiger partial charge in [-0.05, 0) is 39.5 Å². The minimum absolute atomic E-state index is 0.0256. The van der Waals surface area contributed by atoms with Gasteiger partial charge in [-0.15, -0.1) is 0 Å². The first-order valence-corrected chi connectivity index (χ1v) is 7.83. The van der Waals surface area contributed by atoms with Crippen molar-refractivity contribution >= 4 is 38.1 Å². The molecule has 106 valence electrons. The Bertz CT molecular complexity index is 1000. The lowest BCUT2D eigenvalue weighted by atomic mass is 10.1. The highest BCUT2D eigenvalue weighted by Gasteiger charge is 2.17. The number of aromatic nitrogens is 1. The van der Waals surface area contributed by atoms with Crippen molar-refractivity contribution in [3.8, 4) is 0 Å². The number of halogens is 1. The Labute approximate surface area is 136 Å². The van der Waals surface area contributed by atoms with E-state index in [4.69, 9.17) is 0 Å². The highest BCUT2D eigenvalue weighted by molar-refractivity contribution is 9.10. The summed E-state index contributed by atoms with van der Waals surface area (Å²) in [4.78, 5) is 12.9. The lowest BCUT2D eigenvalue weighted by molar-refractivity contribution is 0.103. The number of benzene rings is 2. The summed E-state index contributed by atoms with van der Waals surface area (Å²) >= 11 is 3.57. The van der Waals surface area contributed by atoms with Crippen LogP contribution in [0.3, 0.4) is 0 Å². The molecule has 0 atom stereocenters. The summed E-state index contributed by atoms with van der Waals surface area (Å²) in [6.07, 6.45) is 0. The van der Waals surface area contributed by atoms with Crippen molar-refractivity contribution in [3.05, 3.63) is 88.5 Å². The minimum atomic E-state index is 0.0256.